The van der Waals surface area contributed by atoms with Crippen molar-refractivity contribution < 1.29 is 28.5 Å². The van der Waals surface area contributed by atoms with Crippen LogP contribution in [0.4, 0.5) is 0 Å². The lowest BCUT2D eigenvalue weighted by molar-refractivity contribution is -0.139. The number of carbonyl (C=O) groups is 1. The molecule has 5 rings (SSSR count). The summed E-state index contributed by atoms with van der Waals surface area (Å²) in [6, 6.07) is 15.6. The molecule has 0 amide bonds. The number of ether oxygens (including phenoxy) is 3. The van der Waals surface area contributed by atoms with E-state index in [2.05, 4.69) is 26.0 Å². The third kappa shape index (κ3) is 4.93. The second-order valence-corrected chi connectivity index (χ2v) is 9.28. The molecule has 0 fully saturated rings. The summed E-state index contributed by atoms with van der Waals surface area (Å²) in [5.74, 6) is 0.141. The van der Waals surface area contributed by atoms with Crippen molar-refractivity contribution >= 4 is 61.6 Å². The average Bonchev–Trinajstić information content (AvgIpc) is 3.38. The normalized spacial score (nSPS) is 11.4. The van der Waals surface area contributed by atoms with Crippen molar-refractivity contribution in [1.29, 1.82) is 0 Å². The fraction of sp³-hybridized carbons (Fsp3) is 0.111. The predicted octanol–water partition coefficient (Wildman–Crippen LogP) is 5.59. The number of benzene rings is 3. The zero-order chi connectivity index (χ0) is 27.7. The van der Waals surface area contributed by atoms with Gasteiger partial charge in [0.1, 0.15) is 16.4 Å². The molecule has 1 N–H and O–H groups in total. The van der Waals surface area contributed by atoms with Crippen LogP contribution in [-0.2, 0) is 4.79 Å². The van der Waals surface area contributed by atoms with E-state index in [1.165, 1.54) is 13.3 Å². The molecule has 0 radical (unpaired) electrons. The third-order valence-corrected chi connectivity index (χ3v) is 7.19. The second-order valence-electron chi connectivity index (χ2n) is 8.10. The summed E-state index contributed by atoms with van der Waals surface area (Å²) in [6.07, 6.45) is 1.39. The Morgan fingerprint density at radius 2 is 1.90 bits per heavy atom. The van der Waals surface area contributed by atoms with E-state index in [4.69, 9.17) is 35.3 Å². The molecule has 0 bridgehead atoms. The smallest absolute Gasteiger partial charge is 0.341 e. The highest BCUT2D eigenvalue weighted by molar-refractivity contribution is 9.10. The van der Waals surface area contributed by atoms with Crippen LogP contribution in [0, 0.1) is 0 Å². The number of hydrogen-bond donors (Lipinski definition) is 1. The molecular formula is C27H19BrClN3O7. The maximum atomic E-state index is 13.6. The van der Waals surface area contributed by atoms with Crippen molar-refractivity contribution in [3.8, 4) is 28.8 Å². The van der Waals surface area contributed by atoms with Gasteiger partial charge in [-0.25, -0.2) is 9.78 Å². The minimum absolute atomic E-state index is 0.0482. The van der Waals surface area contributed by atoms with Crippen molar-refractivity contribution in [3.05, 3.63) is 80.0 Å². The van der Waals surface area contributed by atoms with E-state index < -0.39 is 18.1 Å². The molecule has 0 saturated heterocycles. The predicted molar refractivity (Wildman–Crippen MR) is 150 cm³/mol. The highest BCUT2D eigenvalue weighted by atomic mass is 79.9. The van der Waals surface area contributed by atoms with Crippen LogP contribution in [-0.4, -0.2) is 47.8 Å². The maximum Gasteiger partial charge on any atom is 0.341 e. The number of methoxy groups -OCH3 is 2. The van der Waals surface area contributed by atoms with Crippen LogP contribution in [0.25, 0.3) is 33.5 Å². The molecule has 0 unspecified atom stereocenters. The number of furan rings is 1. The molecule has 0 spiro atoms. The van der Waals surface area contributed by atoms with Crippen molar-refractivity contribution in [2.24, 2.45) is 5.10 Å². The van der Waals surface area contributed by atoms with Crippen LogP contribution in [0.15, 0.2) is 73.4 Å². The number of aliphatic carboxylic acids is 1. The molecule has 0 aliphatic carbocycles. The highest BCUT2D eigenvalue weighted by Crippen LogP contribution is 2.42. The van der Waals surface area contributed by atoms with Gasteiger partial charge in [0.15, 0.2) is 23.9 Å². The topological polar surface area (TPSA) is 125 Å². The summed E-state index contributed by atoms with van der Waals surface area (Å²) in [4.78, 5) is 29.2. The molecule has 5 aromatic rings. The number of aromatic nitrogens is 2. The van der Waals surface area contributed by atoms with Crippen LogP contribution in [0.3, 0.4) is 0 Å². The Kier molecular flexibility index (Phi) is 7.27. The molecule has 0 saturated carbocycles. The first kappa shape index (κ1) is 26.3. The standard InChI is InChI=1S/C27H19BrClN3O7/c1-36-18-8-5-9-19-16(18)11-21(39-19)26-31-17-7-4-3-6-15(17)27(35)32(26)30-12-14-10-20(37-2)25(24(29)23(14)28)38-13-22(33)34/h3-12H,13H2,1-2H3,(H,33,34). The van der Waals surface area contributed by atoms with E-state index >= 15 is 0 Å². The zero-order valence-electron chi connectivity index (χ0n) is 20.5. The Balaban J connectivity index is 1.68. The number of fused-ring (bicyclic) bond motifs is 2. The van der Waals surface area contributed by atoms with Gasteiger partial charge in [0, 0.05) is 10.0 Å². The van der Waals surface area contributed by atoms with Crippen LogP contribution < -0.4 is 19.8 Å². The van der Waals surface area contributed by atoms with Crippen molar-refractivity contribution in [1.82, 2.24) is 9.66 Å². The molecule has 39 heavy (non-hydrogen) atoms. The number of carboxylic acids is 1. The first-order chi connectivity index (χ1) is 18.8. The quantitative estimate of drug-likeness (QED) is 0.225. The van der Waals surface area contributed by atoms with Gasteiger partial charge in [-0.2, -0.15) is 9.78 Å². The number of para-hydroxylation sites is 1. The fourth-order valence-electron chi connectivity index (χ4n) is 3.95. The lowest BCUT2D eigenvalue weighted by Gasteiger charge is -2.14. The molecule has 10 nitrogen and oxygen atoms in total. The molecule has 0 aliphatic rings. The van der Waals surface area contributed by atoms with Gasteiger partial charge >= 0.3 is 5.97 Å². The monoisotopic (exact) mass is 611 g/mol. The Labute approximate surface area is 234 Å². The molecule has 12 heteroatoms. The van der Waals surface area contributed by atoms with Gasteiger partial charge in [0.25, 0.3) is 5.56 Å². The van der Waals surface area contributed by atoms with Gasteiger partial charge in [-0.1, -0.05) is 29.8 Å². The molecule has 198 valence electrons. The highest BCUT2D eigenvalue weighted by Gasteiger charge is 2.20. The van der Waals surface area contributed by atoms with E-state index in [1.807, 2.05) is 0 Å². The summed E-state index contributed by atoms with van der Waals surface area (Å²) in [5, 5.41) is 14.6. The molecule has 0 aliphatic heterocycles. The van der Waals surface area contributed by atoms with E-state index in [0.29, 0.717) is 43.4 Å². The maximum absolute atomic E-state index is 13.6. The van der Waals surface area contributed by atoms with E-state index in [0.717, 1.165) is 4.68 Å². The van der Waals surface area contributed by atoms with Crippen LogP contribution in [0.2, 0.25) is 5.02 Å². The lowest BCUT2D eigenvalue weighted by Crippen LogP contribution is -2.20. The van der Waals surface area contributed by atoms with E-state index in [9.17, 15) is 9.59 Å². The summed E-state index contributed by atoms with van der Waals surface area (Å²) < 4.78 is 23.6. The van der Waals surface area contributed by atoms with Gasteiger partial charge in [-0.05, 0) is 52.3 Å². The minimum atomic E-state index is -1.17. The average molecular weight is 613 g/mol. The van der Waals surface area contributed by atoms with Gasteiger partial charge < -0.3 is 23.7 Å². The van der Waals surface area contributed by atoms with Crippen LogP contribution >= 0.6 is 27.5 Å². The Morgan fingerprint density at radius 3 is 2.64 bits per heavy atom. The first-order valence-electron chi connectivity index (χ1n) is 11.4. The van der Waals surface area contributed by atoms with Crippen LogP contribution in [0.1, 0.15) is 5.56 Å². The Bertz CT molecular complexity index is 1830. The lowest BCUT2D eigenvalue weighted by atomic mass is 10.2. The van der Waals surface area contributed by atoms with E-state index in [-0.39, 0.29) is 22.3 Å². The SMILES string of the molecule is COc1cc(C=Nn2c(-c3cc4c(OC)cccc4o3)nc3ccccc3c2=O)c(Br)c(Cl)c1OCC(=O)O. The minimum Gasteiger partial charge on any atom is -0.496 e. The summed E-state index contributed by atoms with van der Waals surface area (Å²) >= 11 is 9.84. The van der Waals surface area contributed by atoms with Gasteiger partial charge in [-0.15, -0.1) is 0 Å². The summed E-state index contributed by atoms with van der Waals surface area (Å²) in [6.45, 7) is -0.611. The number of nitrogens with zero attached hydrogens (tertiary/aromatic N) is 3. The third-order valence-electron chi connectivity index (χ3n) is 5.74. The Morgan fingerprint density at radius 1 is 1.13 bits per heavy atom. The number of hydrogen-bond acceptors (Lipinski definition) is 8. The zero-order valence-corrected chi connectivity index (χ0v) is 22.8. The molecular weight excluding hydrogens is 594 g/mol. The van der Waals surface area contributed by atoms with Crippen LogP contribution in [0.5, 0.6) is 17.2 Å². The number of carboxylic acid groups (broad SMARTS) is 1. The van der Waals surface area contributed by atoms with Gasteiger partial charge in [-0.3, -0.25) is 4.79 Å². The second kappa shape index (κ2) is 10.8. The van der Waals surface area contributed by atoms with Crippen molar-refractivity contribution in [2.75, 3.05) is 20.8 Å². The van der Waals surface area contributed by atoms with Crippen molar-refractivity contribution in [3.63, 3.8) is 0 Å². The molecule has 0 atom stereocenters. The molecule has 3 aromatic carbocycles. The van der Waals surface area contributed by atoms with Crippen molar-refractivity contribution in [2.45, 2.75) is 0 Å². The first-order valence-corrected chi connectivity index (χ1v) is 12.5. The largest absolute Gasteiger partial charge is 0.496 e. The summed E-state index contributed by atoms with van der Waals surface area (Å²) in [7, 11) is 2.95. The summed E-state index contributed by atoms with van der Waals surface area (Å²) in [5.41, 5.74) is 1.03. The van der Waals surface area contributed by atoms with Gasteiger partial charge in [0.05, 0.1) is 36.7 Å². The number of halogens is 2. The van der Waals surface area contributed by atoms with Gasteiger partial charge in [0.2, 0.25) is 5.82 Å². The number of rotatable bonds is 8. The van der Waals surface area contributed by atoms with E-state index in [1.54, 1.807) is 61.7 Å². The Hall–Kier alpha value is -4.35. The molecule has 2 aromatic heterocycles. The molecule has 2 heterocycles. The fourth-order valence-corrected chi connectivity index (χ4v) is 4.60.